The summed E-state index contributed by atoms with van der Waals surface area (Å²) in [6.45, 7) is 4.83. The molecule has 0 bridgehead atoms. The van der Waals surface area contributed by atoms with Crippen LogP contribution in [0.4, 0.5) is 0 Å². The fraction of sp³-hybridized carbons (Fsp3) is 0.600. The Bertz CT molecular complexity index is 403. The first kappa shape index (κ1) is 12.6. The summed E-state index contributed by atoms with van der Waals surface area (Å²) in [5, 5.41) is 3.66. The fourth-order valence-electron chi connectivity index (χ4n) is 2.74. The van der Waals surface area contributed by atoms with Crippen molar-refractivity contribution in [3.05, 3.63) is 34.3 Å². The number of hydrogen-bond donors (Lipinski definition) is 1. The van der Waals surface area contributed by atoms with Crippen molar-refractivity contribution in [2.45, 2.75) is 31.8 Å². The van der Waals surface area contributed by atoms with Gasteiger partial charge in [-0.15, -0.1) is 0 Å². The van der Waals surface area contributed by atoms with Crippen molar-refractivity contribution in [3.63, 3.8) is 0 Å². The van der Waals surface area contributed by atoms with E-state index in [0.717, 1.165) is 18.5 Å². The first-order valence-electron chi connectivity index (χ1n) is 7.00. The Morgan fingerprint density at radius 1 is 1.28 bits per heavy atom. The van der Waals surface area contributed by atoms with Crippen LogP contribution in [0.5, 0.6) is 0 Å². The van der Waals surface area contributed by atoms with Crippen LogP contribution in [0.15, 0.2) is 28.7 Å². The third-order valence-electron chi connectivity index (χ3n) is 3.94. The van der Waals surface area contributed by atoms with Gasteiger partial charge in [-0.1, -0.05) is 28.1 Å². The van der Waals surface area contributed by atoms with Gasteiger partial charge in [-0.05, 0) is 56.0 Å². The molecule has 1 atom stereocenters. The van der Waals surface area contributed by atoms with Gasteiger partial charge in [-0.3, -0.25) is 4.90 Å². The minimum Gasteiger partial charge on any atom is -0.314 e. The third kappa shape index (κ3) is 3.56. The molecule has 0 aromatic heterocycles. The highest BCUT2D eigenvalue weighted by molar-refractivity contribution is 9.10. The maximum atomic E-state index is 3.66. The molecule has 3 rings (SSSR count). The van der Waals surface area contributed by atoms with Crippen LogP contribution in [0.3, 0.4) is 0 Å². The van der Waals surface area contributed by atoms with E-state index < -0.39 is 0 Å². The Kier molecular flexibility index (Phi) is 4.02. The molecule has 3 heteroatoms. The summed E-state index contributed by atoms with van der Waals surface area (Å²) in [6, 6.07) is 9.53. The summed E-state index contributed by atoms with van der Waals surface area (Å²) in [5.74, 6) is 0.859. The average molecular weight is 309 g/mol. The summed E-state index contributed by atoms with van der Waals surface area (Å²) in [6.07, 6.45) is 4.15. The van der Waals surface area contributed by atoms with E-state index in [9.17, 15) is 0 Å². The van der Waals surface area contributed by atoms with Crippen LogP contribution in [0.1, 0.15) is 24.8 Å². The van der Waals surface area contributed by atoms with E-state index in [1.807, 2.05) is 0 Å². The van der Waals surface area contributed by atoms with Crippen LogP contribution in [-0.4, -0.2) is 30.6 Å². The van der Waals surface area contributed by atoms with Gasteiger partial charge in [0.2, 0.25) is 0 Å². The molecule has 1 aliphatic heterocycles. The molecule has 0 radical (unpaired) electrons. The minimum atomic E-state index is 0.851. The van der Waals surface area contributed by atoms with E-state index in [1.54, 1.807) is 0 Å². The molecule has 18 heavy (non-hydrogen) atoms. The van der Waals surface area contributed by atoms with Crippen LogP contribution in [0, 0.1) is 5.92 Å². The summed E-state index contributed by atoms with van der Waals surface area (Å²) in [7, 11) is 0. The highest BCUT2D eigenvalue weighted by atomic mass is 79.9. The smallest absolute Gasteiger partial charge is 0.0234 e. The zero-order chi connectivity index (χ0) is 12.4. The van der Waals surface area contributed by atoms with Crippen LogP contribution >= 0.6 is 15.9 Å². The van der Waals surface area contributed by atoms with Crippen LogP contribution in [-0.2, 0) is 6.54 Å². The lowest BCUT2D eigenvalue weighted by atomic mass is 10.1. The van der Waals surface area contributed by atoms with Crippen molar-refractivity contribution in [1.29, 1.82) is 0 Å². The third-order valence-corrected chi connectivity index (χ3v) is 4.43. The molecule has 2 aliphatic rings. The Morgan fingerprint density at radius 2 is 2.17 bits per heavy atom. The van der Waals surface area contributed by atoms with Crippen molar-refractivity contribution in [2.24, 2.45) is 5.92 Å². The number of hydrogen-bond acceptors (Lipinski definition) is 2. The largest absolute Gasteiger partial charge is 0.314 e. The minimum absolute atomic E-state index is 0.851. The standard InChI is InChI=1S/C15H21BrN2/c16-14-3-1-2-12(8-14)10-18-7-6-13(11-18)9-17-15-4-5-15/h1-3,8,13,15,17H,4-7,9-11H2. The zero-order valence-corrected chi connectivity index (χ0v) is 12.3. The summed E-state index contributed by atoms with van der Waals surface area (Å²) in [5.41, 5.74) is 1.42. The number of rotatable bonds is 5. The van der Waals surface area contributed by atoms with Gasteiger partial charge in [0, 0.05) is 23.6 Å². The van der Waals surface area contributed by atoms with Gasteiger partial charge in [0.05, 0.1) is 0 Å². The van der Waals surface area contributed by atoms with Gasteiger partial charge in [0.25, 0.3) is 0 Å². The van der Waals surface area contributed by atoms with E-state index in [0.29, 0.717) is 0 Å². The summed E-state index contributed by atoms with van der Waals surface area (Å²) >= 11 is 3.54. The molecule has 1 aromatic carbocycles. The normalized spacial score (nSPS) is 24.6. The molecule has 1 heterocycles. The molecular weight excluding hydrogens is 288 g/mol. The van der Waals surface area contributed by atoms with Crippen molar-refractivity contribution in [1.82, 2.24) is 10.2 Å². The number of benzene rings is 1. The van der Waals surface area contributed by atoms with Gasteiger partial charge in [0.15, 0.2) is 0 Å². The average Bonchev–Trinajstić information content (AvgIpc) is 3.08. The molecule has 1 unspecified atom stereocenters. The predicted molar refractivity (Wildman–Crippen MR) is 78.6 cm³/mol. The molecule has 2 fully saturated rings. The van der Waals surface area contributed by atoms with E-state index in [4.69, 9.17) is 0 Å². The molecule has 0 amide bonds. The van der Waals surface area contributed by atoms with Gasteiger partial charge in [-0.25, -0.2) is 0 Å². The Hall–Kier alpha value is -0.380. The van der Waals surface area contributed by atoms with Crippen molar-refractivity contribution < 1.29 is 0 Å². The lowest BCUT2D eigenvalue weighted by molar-refractivity contribution is 0.314. The number of nitrogens with zero attached hydrogens (tertiary/aromatic N) is 1. The van der Waals surface area contributed by atoms with Crippen LogP contribution in [0.25, 0.3) is 0 Å². The molecule has 0 spiro atoms. The second kappa shape index (κ2) is 5.72. The van der Waals surface area contributed by atoms with Crippen LogP contribution < -0.4 is 5.32 Å². The lowest BCUT2D eigenvalue weighted by Crippen LogP contribution is -2.27. The number of likely N-dealkylation sites (tertiary alicyclic amines) is 1. The molecule has 1 aromatic rings. The van der Waals surface area contributed by atoms with E-state index in [2.05, 4.69) is 50.4 Å². The van der Waals surface area contributed by atoms with Crippen molar-refractivity contribution >= 4 is 15.9 Å². The second-order valence-electron chi connectivity index (χ2n) is 5.70. The monoisotopic (exact) mass is 308 g/mol. The van der Waals surface area contributed by atoms with Gasteiger partial charge >= 0.3 is 0 Å². The molecule has 1 saturated carbocycles. The second-order valence-corrected chi connectivity index (χ2v) is 6.62. The quantitative estimate of drug-likeness (QED) is 0.899. The topological polar surface area (TPSA) is 15.3 Å². The molecule has 2 nitrogen and oxygen atoms in total. The molecule has 98 valence electrons. The van der Waals surface area contributed by atoms with E-state index in [1.165, 1.54) is 48.9 Å². The maximum Gasteiger partial charge on any atom is 0.0234 e. The van der Waals surface area contributed by atoms with Crippen LogP contribution in [0.2, 0.25) is 0 Å². The molecule has 1 aliphatic carbocycles. The lowest BCUT2D eigenvalue weighted by Gasteiger charge is -2.16. The fourth-order valence-corrected chi connectivity index (χ4v) is 3.18. The maximum absolute atomic E-state index is 3.66. The predicted octanol–water partition coefficient (Wildman–Crippen LogP) is 3.02. The van der Waals surface area contributed by atoms with Gasteiger partial charge in [0.1, 0.15) is 0 Å². The van der Waals surface area contributed by atoms with Crippen molar-refractivity contribution in [3.8, 4) is 0 Å². The molecule has 1 N–H and O–H groups in total. The van der Waals surface area contributed by atoms with Gasteiger partial charge in [-0.2, -0.15) is 0 Å². The van der Waals surface area contributed by atoms with E-state index in [-0.39, 0.29) is 0 Å². The molecule has 1 saturated heterocycles. The first-order chi connectivity index (χ1) is 8.79. The number of halogens is 1. The Labute approximate surface area is 118 Å². The SMILES string of the molecule is Brc1cccc(CN2CCC(CNC3CC3)C2)c1. The Morgan fingerprint density at radius 3 is 2.94 bits per heavy atom. The molecular formula is C15H21BrN2. The number of nitrogens with one attached hydrogen (secondary N) is 1. The summed E-state index contributed by atoms with van der Waals surface area (Å²) < 4.78 is 1.19. The van der Waals surface area contributed by atoms with Crippen molar-refractivity contribution in [2.75, 3.05) is 19.6 Å². The summed E-state index contributed by atoms with van der Waals surface area (Å²) in [4.78, 5) is 2.58. The zero-order valence-electron chi connectivity index (χ0n) is 10.7. The highest BCUT2D eigenvalue weighted by Crippen LogP contribution is 2.22. The highest BCUT2D eigenvalue weighted by Gasteiger charge is 2.26. The first-order valence-corrected chi connectivity index (χ1v) is 7.79. The van der Waals surface area contributed by atoms with Gasteiger partial charge < -0.3 is 5.32 Å². The Balaban J connectivity index is 1.46. The van der Waals surface area contributed by atoms with E-state index >= 15 is 0 Å².